The van der Waals surface area contributed by atoms with Crippen LogP contribution >= 0.6 is 11.8 Å². The molecule has 0 bridgehead atoms. The molecule has 0 spiro atoms. The topological polar surface area (TPSA) is 65.2 Å². The van der Waals surface area contributed by atoms with Crippen molar-refractivity contribution in [2.75, 3.05) is 5.73 Å². The van der Waals surface area contributed by atoms with E-state index < -0.39 is 0 Å². The molecular weight excluding hydrogens is 272 g/mol. The fourth-order valence-electron chi connectivity index (χ4n) is 1.85. The van der Waals surface area contributed by atoms with Crippen molar-refractivity contribution in [3.8, 4) is 11.5 Å². The van der Waals surface area contributed by atoms with E-state index in [4.69, 9.17) is 14.7 Å². The lowest BCUT2D eigenvalue weighted by Gasteiger charge is -2.06. The highest BCUT2D eigenvalue weighted by Crippen LogP contribution is 2.30. The Hall–Kier alpha value is -2.14. The Morgan fingerprint density at radius 2 is 2.10 bits per heavy atom. The number of aromatic nitrogens is 1. The van der Waals surface area contributed by atoms with Gasteiger partial charge in [-0.2, -0.15) is 0 Å². The quantitative estimate of drug-likeness (QED) is 0.577. The van der Waals surface area contributed by atoms with Gasteiger partial charge in [0.25, 0.3) is 0 Å². The molecule has 3 aromatic rings. The third-order valence-electron chi connectivity index (χ3n) is 3.02. The first-order valence-corrected chi connectivity index (χ1v) is 7.20. The van der Waals surface area contributed by atoms with Gasteiger partial charge in [0, 0.05) is 22.4 Å². The molecule has 1 aromatic carbocycles. The number of anilines is 1. The molecule has 0 amide bonds. The third-order valence-corrected chi connectivity index (χ3v) is 4.22. The van der Waals surface area contributed by atoms with Gasteiger partial charge < -0.3 is 14.7 Å². The van der Waals surface area contributed by atoms with Crippen LogP contribution in [-0.2, 0) is 5.75 Å². The molecule has 3 rings (SSSR count). The van der Waals surface area contributed by atoms with E-state index in [1.165, 1.54) is 0 Å². The molecule has 4 nitrogen and oxygen atoms in total. The predicted molar refractivity (Wildman–Crippen MR) is 79.4 cm³/mol. The molecular formula is C15H14N2O2S. The molecule has 0 aliphatic heterocycles. The second kappa shape index (κ2) is 5.46. The van der Waals surface area contributed by atoms with Crippen molar-refractivity contribution in [3.05, 3.63) is 53.9 Å². The lowest BCUT2D eigenvalue weighted by molar-refractivity contribution is 0.413. The molecule has 0 fully saturated rings. The van der Waals surface area contributed by atoms with Gasteiger partial charge in [-0.05, 0) is 36.8 Å². The molecule has 0 aliphatic carbocycles. The van der Waals surface area contributed by atoms with Gasteiger partial charge in [0.2, 0.25) is 5.76 Å². The number of nitrogens with zero attached hydrogens (tertiary/aromatic N) is 1. The number of nitrogens with two attached hydrogens (primary N) is 1. The summed E-state index contributed by atoms with van der Waals surface area (Å²) in [6, 6.07) is 11.5. The highest BCUT2D eigenvalue weighted by Gasteiger charge is 2.10. The first kappa shape index (κ1) is 12.9. The van der Waals surface area contributed by atoms with E-state index in [1.807, 2.05) is 37.3 Å². The molecule has 5 heteroatoms. The average Bonchev–Trinajstić information content (AvgIpc) is 3.10. The Morgan fingerprint density at radius 1 is 1.20 bits per heavy atom. The Kier molecular flexibility index (Phi) is 3.52. The number of benzene rings is 1. The molecule has 0 unspecified atom stereocenters. The third kappa shape index (κ3) is 2.58. The highest BCUT2D eigenvalue weighted by atomic mass is 32.2. The smallest absolute Gasteiger partial charge is 0.202 e. The largest absolute Gasteiger partial charge is 0.461 e. The van der Waals surface area contributed by atoms with Gasteiger partial charge in [0.1, 0.15) is 0 Å². The molecule has 2 N–H and O–H groups in total. The van der Waals surface area contributed by atoms with E-state index >= 15 is 0 Å². The molecule has 20 heavy (non-hydrogen) atoms. The summed E-state index contributed by atoms with van der Waals surface area (Å²) in [5.41, 5.74) is 8.69. The van der Waals surface area contributed by atoms with Gasteiger partial charge in [-0.15, -0.1) is 11.8 Å². The molecule has 102 valence electrons. The minimum Gasteiger partial charge on any atom is -0.461 e. The highest BCUT2D eigenvalue weighted by molar-refractivity contribution is 7.98. The van der Waals surface area contributed by atoms with Crippen LogP contribution in [0.25, 0.3) is 11.5 Å². The standard InChI is InChI=1S/C15H14N2O2S/c1-10-12(16)4-2-6-15(10)20-9-11-8-14(19-17-11)13-5-3-7-18-13/h2-8H,9,16H2,1H3. The van der Waals surface area contributed by atoms with Gasteiger partial charge in [-0.3, -0.25) is 0 Å². The monoisotopic (exact) mass is 286 g/mol. The van der Waals surface area contributed by atoms with Crippen molar-refractivity contribution in [1.82, 2.24) is 5.16 Å². The number of hydrogen-bond donors (Lipinski definition) is 1. The molecule has 0 aliphatic rings. The summed E-state index contributed by atoms with van der Waals surface area (Å²) in [5, 5.41) is 4.05. The second-order valence-electron chi connectivity index (χ2n) is 4.42. The molecule has 0 saturated heterocycles. The van der Waals surface area contributed by atoms with E-state index in [9.17, 15) is 0 Å². The van der Waals surface area contributed by atoms with Crippen LogP contribution in [0.3, 0.4) is 0 Å². The number of nitrogen functional groups attached to an aromatic ring is 1. The fourth-order valence-corrected chi connectivity index (χ4v) is 2.80. The lowest BCUT2D eigenvalue weighted by Crippen LogP contribution is -1.91. The van der Waals surface area contributed by atoms with Crippen molar-refractivity contribution in [1.29, 1.82) is 0 Å². The maximum atomic E-state index is 5.90. The summed E-state index contributed by atoms with van der Waals surface area (Å²) >= 11 is 1.69. The van der Waals surface area contributed by atoms with Crippen molar-refractivity contribution >= 4 is 17.4 Å². The zero-order valence-corrected chi connectivity index (χ0v) is 11.8. The van der Waals surface area contributed by atoms with Crippen LogP contribution < -0.4 is 5.73 Å². The number of furan rings is 1. The minimum atomic E-state index is 0.648. The molecule has 0 saturated carbocycles. The van der Waals surface area contributed by atoms with Crippen LogP contribution in [-0.4, -0.2) is 5.16 Å². The lowest BCUT2D eigenvalue weighted by atomic mass is 10.2. The summed E-state index contributed by atoms with van der Waals surface area (Å²) in [4.78, 5) is 1.16. The summed E-state index contributed by atoms with van der Waals surface area (Å²) in [6.07, 6.45) is 1.61. The SMILES string of the molecule is Cc1c(N)cccc1SCc1cc(-c2ccco2)on1. The van der Waals surface area contributed by atoms with Gasteiger partial charge in [-0.25, -0.2) is 0 Å². The van der Waals surface area contributed by atoms with Gasteiger partial charge >= 0.3 is 0 Å². The summed E-state index contributed by atoms with van der Waals surface area (Å²) in [6.45, 7) is 2.02. The summed E-state index contributed by atoms with van der Waals surface area (Å²) < 4.78 is 10.5. The number of thioether (sulfide) groups is 1. The van der Waals surface area contributed by atoms with E-state index in [2.05, 4.69) is 11.2 Å². The van der Waals surface area contributed by atoms with Gasteiger partial charge in [-0.1, -0.05) is 11.2 Å². The van der Waals surface area contributed by atoms with E-state index in [0.717, 1.165) is 27.6 Å². The van der Waals surface area contributed by atoms with Crippen LogP contribution in [0.15, 0.2) is 56.5 Å². The maximum absolute atomic E-state index is 5.90. The van der Waals surface area contributed by atoms with Crippen LogP contribution in [0.4, 0.5) is 5.69 Å². The van der Waals surface area contributed by atoms with E-state index in [0.29, 0.717) is 11.5 Å². The fraction of sp³-hybridized carbons (Fsp3) is 0.133. The zero-order valence-electron chi connectivity index (χ0n) is 11.0. The van der Waals surface area contributed by atoms with Crippen molar-refractivity contribution < 1.29 is 8.94 Å². The second-order valence-corrected chi connectivity index (χ2v) is 5.44. The van der Waals surface area contributed by atoms with Crippen molar-refractivity contribution in [3.63, 3.8) is 0 Å². The van der Waals surface area contributed by atoms with Crippen LogP contribution in [0, 0.1) is 6.92 Å². The maximum Gasteiger partial charge on any atom is 0.202 e. The summed E-state index contributed by atoms with van der Waals surface area (Å²) in [5.74, 6) is 2.07. The first-order chi connectivity index (χ1) is 9.74. The van der Waals surface area contributed by atoms with Crippen LogP contribution in [0.5, 0.6) is 0 Å². The molecule has 2 heterocycles. The average molecular weight is 286 g/mol. The molecule has 0 radical (unpaired) electrons. The molecule has 0 atom stereocenters. The predicted octanol–water partition coefficient (Wildman–Crippen LogP) is 4.12. The Morgan fingerprint density at radius 3 is 2.90 bits per heavy atom. The van der Waals surface area contributed by atoms with Crippen molar-refractivity contribution in [2.24, 2.45) is 0 Å². The number of rotatable bonds is 4. The van der Waals surface area contributed by atoms with Gasteiger partial charge in [0.15, 0.2) is 5.76 Å². The zero-order chi connectivity index (χ0) is 13.9. The number of hydrogen-bond acceptors (Lipinski definition) is 5. The Balaban J connectivity index is 1.71. The summed E-state index contributed by atoms with van der Waals surface area (Å²) in [7, 11) is 0. The van der Waals surface area contributed by atoms with Crippen LogP contribution in [0.1, 0.15) is 11.3 Å². The first-order valence-electron chi connectivity index (χ1n) is 6.21. The Labute approximate surface area is 120 Å². The van der Waals surface area contributed by atoms with Gasteiger partial charge in [0.05, 0.1) is 12.0 Å². The Bertz CT molecular complexity index is 704. The normalized spacial score (nSPS) is 10.8. The van der Waals surface area contributed by atoms with Crippen LogP contribution in [0.2, 0.25) is 0 Å². The van der Waals surface area contributed by atoms with E-state index in [-0.39, 0.29) is 0 Å². The minimum absolute atomic E-state index is 0.648. The van der Waals surface area contributed by atoms with E-state index in [1.54, 1.807) is 18.0 Å². The molecule has 2 aromatic heterocycles. The van der Waals surface area contributed by atoms with Crippen molar-refractivity contribution in [2.45, 2.75) is 17.6 Å².